The molecule has 3 rings (SSSR count). The van der Waals surface area contributed by atoms with Gasteiger partial charge in [-0.2, -0.15) is 15.5 Å². The molecule has 0 radical (unpaired) electrons. The lowest BCUT2D eigenvalue weighted by Crippen LogP contribution is -2.27. The van der Waals surface area contributed by atoms with Crippen molar-refractivity contribution in [2.45, 2.75) is 66.5 Å². The zero-order chi connectivity index (χ0) is 22.5. The Morgan fingerprint density at radius 1 is 1.16 bits per heavy atom. The van der Waals surface area contributed by atoms with E-state index in [0.29, 0.717) is 25.8 Å². The van der Waals surface area contributed by atoms with Gasteiger partial charge in [0.2, 0.25) is 5.91 Å². The fourth-order valence-electron chi connectivity index (χ4n) is 3.89. The van der Waals surface area contributed by atoms with Gasteiger partial charge in [-0.15, -0.1) is 0 Å². The maximum atomic E-state index is 12.6. The summed E-state index contributed by atoms with van der Waals surface area (Å²) in [6.07, 6.45) is 3.27. The summed E-state index contributed by atoms with van der Waals surface area (Å²) in [6.45, 7) is 10.6. The molecule has 0 unspecified atom stereocenters. The number of rotatable bonds is 8. The average Bonchev–Trinajstić information content (AvgIpc) is 3.25. The number of nitrogens with zero attached hydrogens (tertiary/aromatic N) is 5. The quantitative estimate of drug-likeness (QED) is 0.598. The number of hydrogen-bond acceptors (Lipinski definition) is 4. The van der Waals surface area contributed by atoms with Crippen molar-refractivity contribution in [3.63, 3.8) is 0 Å². The van der Waals surface area contributed by atoms with Gasteiger partial charge in [-0.05, 0) is 58.7 Å². The van der Waals surface area contributed by atoms with Crippen LogP contribution in [0.4, 0.5) is 0 Å². The van der Waals surface area contributed by atoms with Gasteiger partial charge in [0.25, 0.3) is 0 Å². The van der Waals surface area contributed by atoms with Crippen molar-refractivity contribution >= 4 is 5.91 Å². The highest BCUT2D eigenvalue weighted by atomic mass is 16.1. The highest BCUT2D eigenvalue weighted by molar-refractivity contribution is 5.76. The molecular formula is C24H30N6O. The zero-order valence-corrected chi connectivity index (χ0v) is 18.9. The highest BCUT2D eigenvalue weighted by Crippen LogP contribution is 2.21. The van der Waals surface area contributed by atoms with Crippen LogP contribution in [0.2, 0.25) is 0 Å². The normalized spacial score (nSPS) is 11.9. The van der Waals surface area contributed by atoms with Crippen LogP contribution in [0.3, 0.4) is 0 Å². The van der Waals surface area contributed by atoms with E-state index in [2.05, 4.69) is 40.6 Å². The van der Waals surface area contributed by atoms with E-state index in [1.54, 1.807) is 0 Å². The third-order valence-corrected chi connectivity index (χ3v) is 5.74. The molecule has 0 spiro atoms. The first kappa shape index (κ1) is 22.3. The predicted octanol–water partition coefficient (Wildman–Crippen LogP) is 4.03. The Morgan fingerprint density at radius 3 is 2.55 bits per heavy atom. The van der Waals surface area contributed by atoms with E-state index >= 15 is 0 Å². The fourth-order valence-corrected chi connectivity index (χ4v) is 3.89. The largest absolute Gasteiger partial charge is 0.349 e. The predicted molar refractivity (Wildman–Crippen MR) is 120 cm³/mol. The minimum atomic E-state index is -0.132. The van der Waals surface area contributed by atoms with E-state index in [1.165, 1.54) is 5.56 Å². The first-order valence-corrected chi connectivity index (χ1v) is 10.6. The highest BCUT2D eigenvalue weighted by Gasteiger charge is 2.18. The third kappa shape index (κ3) is 5.02. The Morgan fingerprint density at radius 2 is 1.87 bits per heavy atom. The molecule has 0 fully saturated rings. The smallest absolute Gasteiger partial charge is 0.220 e. The maximum absolute atomic E-state index is 12.6. The van der Waals surface area contributed by atoms with E-state index in [9.17, 15) is 4.79 Å². The SMILES string of the molecule is Cc1ccc(-n2ncc([C@@H](C)NC(=O)CCc3c(C)nn(CCC#N)c3C)c2C)cc1. The Kier molecular flexibility index (Phi) is 6.91. The Hall–Kier alpha value is -3.40. The number of nitriles is 1. The van der Waals surface area contributed by atoms with Crippen molar-refractivity contribution in [2.24, 2.45) is 0 Å². The second kappa shape index (κ2) is 9.61. The van der Waals surface area contributed by atoms with Crippen LogP contribution < -0.4 is 5.32 Å². The van der Waals surface area contributed by atoms with Crippen LogP contribution in [0.15, 0.2) is 30.5 Å². The van der Waals surface area contributed by atoms with Crippen LogP contribution in [0, 0.1) is 39.0 Å². The van der Waals surface area contributed by atoms with E-state index < -0.39 is 0 Å². The number of aryl methyl sites for hydroxylation is 3. The van der Waals surface area contributed by atoms with Gasteiger partial charge in [0, 0.05) is 23.4 Å². The maximum Gasteiger partial charge on any atom is 0.220 e. The monoisotopic (exact) mass is 418 g/mol. The topological polar surface area (TPSA) is 88.5 Å². The van der Waals surface area contributed by atoms with Gasteiger partial charge < -0.3 is 5.32 Å². The molecule has 0 aliphatic rings. The minimum absolute atomic E-state index is 0.00133. The molecule has 7 nitrogen and oxygen atoms in total. The molecule has 0 saturated carbocycles. The Balaban J connectivity index is 1.62. The summed E-state index contributed by atoms with van der Waals surface area (Å²) in [7, 11) is 0. The molecule has 1 aromatic carbocycles. The van der Waals surface area contributed by atoms with Gasteiger partial charge in [0.05, 0.1) is 42.7 Å². The number of amides is 1. The van der Waals surface area contributed by atoms with Crippen LogP contribution in [0.5, 0.6) is 0 Å². The molecule has 0 saturated heterocycles. The molecule has 0 bridgehead atoms. The fraction of sp³-hybridized carbons (Fsp3) is 0.417. The summed E-state index contributed by atoms with van der Waals surface area (Å²) in [4.78, 5) is 12.6. The lowest BCUT2D eigenvalue weighted by Gasteiger charge is -2.14. The summed E-state index contributed by atoms with van der Waals surface area (Å²) in [5.41, 5.74) is 7.27. The van der Waals surface area contributed by atoms with Gasteiger partial charge in [0.15, 0.2) is 0 Å². The van der Waals surface area contributed by atoms with Gasteiger partial charge in [-0.3, -0.25) is 9.48 Å². The summed E-state index contributed by atoms with van der Waals surface area (Å²) < 4.78 is 3.76. The van der Waals surface area contributed by atoms with Gasteiger partial charge in [-0.1, -0.05) is 17.7 Å². The zero-order valence-electron chi connectivity index (χ0n) is 18.9. The van der Waals surface area contributed by atoms with Crippen molar-refractivity contribution in [2.75, 3.05) is 0 Å². The first-order chi connectivity index (χ1) is 14.8. The lowest BCUT2D eigenvalue weighted by atomic mass is 10.1. The molecule has 162 valence electrons. The molecule has 1 N–H and O–H groups in total. The van der Waals surface area contributed by atoms with Crippen molar-refractivity contribution in [3.8, 4) is 11.8 Å². The molecule has 7 heteroatoms. The van der Waals surface area contributed by atoms with Crippen molar-refractivity contribution in [3.05, 3.63) is 64.2 Å². The number of hydrogen-bond donors (Lipinski definition) is 1. The lowest BCUT2D eigenvalue weighted by molar-refractivity contribution is -0.121. The second-order valence-corrected chi connectivity index (χ2v) is 8.00. The van der Waals surface area contributed by atoms with Gasteiger partial charge in [0.1, 0.15) is 0 Å². The summed E-state index contributed by atoms with van der Waals surface area (Å²) in [5, 5.41) is 20.9. The summed E-state index contributed by atoms with van der Waals surface area (Å²) in [5.74, 6) is -0.00133. The molecule has 31 heavy (non-hydrogen) atoms. The third-order valence-electron chi connectivity index (χ3n) is 5.74. The van der Waals surface area contributed by atoms with Crippen LogP contribution in [-0.2, 0) is 17.8 Å². The molecular weight excluding hydrogens is 388 g/mol. The number of nitrogens with one attached hydrogen (secondary N) is 1. The molecule has 0 aliphatic carbocycles. The first-order valence-electron chi connectivity index (χ1n) is 10.6. The standard InChI is InChI=1S/C24H30N6O/c1-16-7-9-21(10-8-16)30-20(5)23(15-26-30)17(2)27-24(31)12-11-22-18(3)28-29(19(22)4)14-6-13-25/h7-10,15,17H,6,11-12,14H2,1-5H3,(H,27,31)/t17-/m1/s1. The number of aromatic nitrogens is 4. The molecule has 2 heterocycles. The molecule has 1 atom stereocenters. The number of carbonyl (C=O) groups is 1. The average molecular weight is 419 g/mol. The van der Waals surface area contributed by atoms with Gasteiger partial charge >= 0.3 is 0 Å². The Bertz CT molecular complexity index is 1100. The van der Waals surface area contributed by atoms with E-state index in [4.69, 9.17) is 5.26 Å². The van der Waals surface area contributed by atoms with Crippen LogP contribution >= 0.6 is 0 Å². The van der Waals surface area contributed by atoms with Crippen molar-refractivity contribution in [1.82, 2.24) is 24.9 Å². The van der Waals surface area contributed by atoms with Crippen LogP contribution in [-0.4, -0.2) is 25.5 Å². The van der Waals surface area contributed by atoms with Crippen molar-refractivity contribution < 1.29 is 4.79 Å². The van der Waals surface area contributed by atoms with Crippen LogP contribution in [0.25, 0.3) is 5.69 Å². The Labute approximate surface area is 183 Å². The summed E-state index contributed by atoms with van der Waals surface area (Å²) >= 11 is 0. The molecule has 1 amide bonds. The molecule has 2 aromatic heterocycles. The van der Waals surface area contributed by atoms with Crippen LogP contribution in [0.1, 0.15) is 59.6 Å². The van der Waals surface area contributed by atoms with Gasteiger partial charge in [-0.25, -0.2) is 4.68 Å². The summed E-state index contributed by atoms with van der Waals surface area (Å²) in [6, 6.07) is 10.2. The van der Waals surface area contributed by atoms with Crippen molar-refractivity contribution in [1.29, 1.82) is 5.26 Å². The molecule has 0 aliphatic heterocycles. The van der Waals surface area contributed by atoms with E-state index in [0.717, 1.165) is 33.9 Å². The second-order valence-electron chi connectivity index (χ2n) is 8.00. The molecule has 3 aromatic rings. The minimum Gasteiger partial charge on any atom is -0.349 e. The number of benzene rings is 1. The van der Waals surface area contributed by atoms with E-state index in [1.807, 2.05) is 55.4 Å². The van der Waals surface area contributed by atoms with E-state index in [-0.39, 0.29) is 11.9 Å². The number of carbonyl (C=O) groups excluding carboxylic acids is 1.